The fourth-order valence-corrected chi connectivity index (χ4v) is 3.75. The summed E-state index contributed by atoms with van der Waals surface area (Å²) in [4.78, 5) is 12.6. The molecule has 0 heterocycles. The van der Waals surface area contributed by atoms with E-state index < -0.39 is 17.8 Å². The number of alkyl halides is 3. The number of carbonyl (C=O) groups excluding carboxylic acids is 1. The van der Waals surface area contributed by atoms with Crippen molar-refractivity contribution in [3.8, 4) is 0 Å². The third kappa shape index (κ3) is 6.34. The number of hydrogen-bond acceptors (Lipinski definition) is 2. The predicted molar refractivity (Wildman–Crippen MR) is 120 cm³/mol. The first-order valence-corrected chi connectivity index (χ1v) is 10.6. The number of halogens is 4. The standard InChI is InChI=1S/C25H24ClF3N2O/c1-30-24(32)23(18-6-3-2-4-7-18)31-22(19-8-5-9-21(26)16-19)15-12-17-10-13-20(14-11-17)25(27,28)29/h2-11,13-14,16,22-23,31H,12,15H2,1H3,(H,30,32)/t22?,23-/m1/s1. The lowest BCUT2D eigenvalue weighted by Crippen LogP contribution is -2.38. The Hall–Kier alpha value is -2.83. The van der Waals surface area contributed by atoms with Crippen LogP contribution < -0.4 is 10.6 Å². The maximum absolute atomic E-state index is 12.8. The van der Waals surface area contributed by atoms with Gasteiger partial charge in [0.2, 0.25) is 5.91 Å². The Kier molecular flexibility index (Phi) is 7.94. The van der Waals surface area contributed by atoms with Gasteiger partial charge in [0, 0.05) is 18.1 Å². The average molecular weight is 461 g/mol. The van der Waals surface area contributed by atoms with Gasteiger partial charge >= 0.3 is 6.18 Å². The van der Waals surface area contributed by atoms with Gasteiger partial charge in [-0.25, -0.2) is 0 Å². The molecule has 0 saturated heterocycles. The molecule has 1 amide bonds. The second kappa shape index (κ2) is 10.7. The summed E-state index contributed by atoms with van der Waals surface area (Å²) < 4.78 is 38.5. The predicted octanol–water partition coefficient (Wildman–Crippen LogP) is 6.11. The quantitative estimate of drug-likeness (QED) is 0.426. The number of benzene rings is 3. The highest BCUT2D eigenvalue weighted by atomic mass is 35.5. The van der Waals surface area contributed by atoms with Crippen LogP contribution >= 0.6 is 11.6 Å². The summed E-state index contributed by atoms with van der Waals surface area (Å²) in [5.41, 5.74) is 1.82. The average Bonchev–Trinajstić information content (AvgIpc) is 2.79. The van der Waals surface area contributed by atoms with Gasteiger partial charge in [0.05, 0.1) is 5.56 Å². The minimum atomic E-state index is -4.36. The number of likely N-dealkylation sites (N-methyl/N-ethyl adjacent to an activating group) is 1. The molecular weight excluding hydrogens is 437 g/mol. The lowest BCUT2D eigenvalue weighted by Gasteiger charge is -2.26. The Morgan fingerprint density at radius 1 is 0.938 bits per heavy atom. The number of nitrogens with one attached hydrogen (secondary N) is 2. The van der Waals surface area contributed by atoms with Crippen molar-refractivity contribution in [1.29, 1.82) is 0 Å². The second-order valence-corrected chi connectivity index (χ2v) is 7.90. The largest absolute Gasteiger partial charge is 0.416 e. The molecule has 1 unspecified atom stereocenters. The Bertz CT molecular complexity index is 1020. The third-order valence-corrected chi connectivity index (χ3v) is 5.50. The normalized spacial score (nSPS) is 13.4. The van der Waals surface area contributed by atoms with Crippen molar-refractivity contribution < 1.29 is 18.0 Å². The fourth-order valence-electron chi connectivity index (χ4n) is 3.56. The van der Waals surface area contributed by atoms with E-state index in [0.29, 0.717) is 17.9 Å². The van der Waals surface area contributed by atoms with Crippen LogP contribution in [0.1, 0.15) is 40.8 Å². The van der Waals surface area contributed by atoms with Crippen molar-refractivity contribution in [2.24, 2.45) is 0 Å². The molecule has 168 valence electrons. The van der Waals surface area contributed by atoms with Gasteiger partial charge in [-0.15, -0.1) is 0 Å². The van der Waals surface area contributed by atoms with E-state index in [-0.39, 0.29) is 11.9 Å². The molecule has 0 aliphatic carbocycles. The zero-order chi connectivity index (χ0) is 23.1. The number of amides is 1. The maximum atomic E-state index is 12.8. The van der Waals surface area contributed by atoms with E-state index in [1.165, 1.54) is 12.1 Å². The Morgan fingerprint density at radius 3 is 2.19 bits per heavy atom. The van der Waals surface area contributed by atoms with Crippen LogP contribution in [0.3, 0.4) is 0 Å². The molecule has 3 nitrogen and oxygen atoms in total. The van der Waals surface area contributed by atoms with Crippen LogP contribution in [0.15, 0.2) is 78.9 Å². The fraction of sp³-hybridized carbons (Fsp3) is 0.240. The van der Waals surface area contributed by atoms with Crippen molar-refractivity contribution >= 4 is 17.5 Å². The van der Waals surface area contributed by atoms with Gasteiger partial charge in [0.1, 0.15) is 6.04 Å². The molecule has 3 aromatic rings. The molecule has 0 radical (unpaired) electrons. The number of rotatable bonds is 8. The number of aryl methyl sites for hydroxylation is 1. The van der Waals surface area contributed by atoms with E-state index in [1.54, 1.807) is 13.1 Å². The molecule has 3 rings (SSSR count). The van der Waals surface area contributed by atoms with Gasteiger partial charge in [-0.05, 0) is 53.8 Å². The highest BCUT2D eigenvalue weighted by molar-refractivity contribution is 6.30. The number of carbonyl (C=O) groups is 1. The maximum Gasteiger partial charge on any atom is 0.416 e. The van der Waals surface area contributed by atoms with Crippen molar-refractivity contribution in [2.75, 3.05) is 7.05 Å². The van der Waals surface area contributed by atoms with E-state index in [9.17, 15) is 18.0 Å². The summed E-state index contributed by atoms with van der Waals surface area (Å²) in [6.45, 7) is 0. The molecule has 32 heavy (non-hydrogen) atoms. The van der Waals surface area contributed by atoms with Crippen LogP contribution in [0.25, 0.3) is 0 Å². The highest BCUT2D eigenvalue weighted by Crippen LogP contribution is 2.30. The van der Waals surface area contributed by atoms with Crippen LogP contribution in [-0.2, 0) is 17.4 Å². The second-order valence-electron chi connectivity index (χ2n) is 7.47. The lowest BCUT2D eigenvalue weighted by molar-refractivity contribution is -0.137. The van der Waals surface area contributed by atoms with Crippen LogP contribution in [0.2, 0.25) is 5.02 Å². The summed E-state index contributed by atoms with van der Waals surface area (Å²) in [5.74, 6) is -0.183. The minimum Gasteiger partial charge on any atom is -0.358 e. The summed E-state index contributed by atoms with van der Waals surface area (Å²) in [7, 11) is 1.58. The van der Waals surface area contributed by atoms with Crippen LogP contribution in [0, 0.1) is 0 Å². The zero-order valence-corrected chi connectivity index (χ0v) is 18.3. The van der Waals surface area contributed by atoms with E-state index in [1.807, 2.05) is 48.5 Å². The Balaban J connectivity index is 1.84. The van der Waals surface area contributed by atoms with Crippen molar-refractivity contribution in [3.63, 3.8) is 0 Å². The third-order valence-electron chi connectivity index (χ3n) is 5.26. The van der Waals surface area contributed by atoms with E-state index in [2.05, 4.69) is 10.6 Å². The Morgan fingerprint density at radius 2 is 1.59 bits per heavy atom. The first-order valence-electron chi connectivity index (χ1n) is 10.2. The SMILES string of the molecule is CNC(=O)[C@H](NC(CCc1ccc(C(F)(F)F)cc1)c1cccc(Cl)c1)c1ccccc1. The molecule has 0 bridgehead atoms. The Labute approximate surface area is 190 Å². The van der Waals surface area contributed by atoms with Crippen molar-refractivity contribution in [2.45, 2.75) is 31.1 Å². The molecule has 0 aromatic heterocycles. The van der Waals surface area contributed by atoms with Gasteiger partial charge in [-0.1, -0.05) is 66.2 Å². The van der Waals surface area contributed by atoms with Gasteiger partial charge in [0.25, 0.3) is 0 Å². The molecule has 2 atom stereocenters. The monoisotopic (exact) mass is 460 g/mol. The van der Waals surface area contributed by atoms with Crippen LogP contribution in [-0.4, -0.2) is 13.0 Å². The molecule has 3 aromatic carbocycles. The zero-order valence-electron chi connectivity index (χ0n) is 17.5. The lowest BCUT2D eigenvalue weighted by atomic mass is 9.96. The van der Waals surface area contributed by atoms with Crippen molar-refractivity contribution in [1.82, 2.24) is 10.6 Å². The van der Waals surface area contributed by atoms with E-state index in [4.69, 9.17) is 11.6 Å². The molecule has 0 fully saturated rings. The molecule has 7 heteroatoms. The molecule has 0 aliphatic rings. The summed E-state index contributed by atoms with van der Waals surface area (Å²) in [6, 6.07) is 21.0. The van der Waals surface area contributed by atoms with Crippen molar-refractivity contribution in [3.05, 3.63) is 106 Å². The van der Waals surface area contributed by atoms with E-state index >= 15 is 0 Å². The van der Waals surface area contributed by atoms with Gasteiger partial charge < -0.3 is 5.32 Å². The molecular formula is C25H24ClF3N2O. The smallest absolute Gasteiger partial charge is 0.358 e. The molecule has 2 N–H and O–H groups in total. The molecule has 0 spiro atoms. The number of hydrogen-bond donors (Lipinski definition) is 2. The van der Waals surface area contributed by atoms with Crippen LogP contribution in [0.4, 0.5) is 13.2 Å². The minimum absolute atomic E-state index is 0.183. The molecule has 0 saturated carbocycles. The van der Waals surface area contributed by atoms with E-state index in [0.717, 1.165) is 28.8 Å². The van der Waals surface area contributed by atoms with Gasteiger partial charge in [0.15, 0.2) is 0 Å². The highest BCUT2D eigenvalue weighted by Gasteiger charge is 2.30. The topological polar surface area (TPSA) is 41.1 Å². The summed E-state index contributed by atoms with van der Waals surface area (Å²) in [6.07, 6.45) is -3.27. The van der Waals surface area contributed by atoms with Gasteiger partial charge in [-0.2, -0.15) is 13.2 Å². The first kappa shape index (κ1) is 23.8. The summed E-state index contributed by atoms with van der Waals surface area (Å²) in [5, 5.41) is 6.68. The van der Waals surface area contributed by atoms with Crippen LogP contribution in [0.5, 0.6) is 0 Å². The first-order chi connectivity index (χ1) is 15.3. The van der Waals surface area contributed by atoms with Gasteiger partial charge in [-0.3, -0.25) is 10.1 Å². The summed E-state index contributed by atoms with van der Waals surface area (Å²) >= 11 is 6.20. The molecule has 0 aliphatic heterocycles.